The van der Waals surface area contributed by atoms with Crippen LogP contribution in [0.1, 0.15) is 27.7 Å². The minimum atomic E-state index is -0.268. The third-order valence-corrected chi connectivity index (χ3v) is 2.50. The lowest BCUT2D eigenvalue weighted by Gasteiger charge is -2.40. The first-order chi connectivity index (χ1) is 6.15. The number of halogens is 1. The lowest BCUT2D eigenvalue weighted by molar-refractivity contribution is 0.118. The summed E-state index contributed by atoms with van der Waals surface area (Å²) in [5.41, 5.74) is 0. The summed E-state index contributed by atoms with van der Waals surface area (Å²) < 4.78 is 12.4. The summed E-state index contributed by atoms with van der Waals surface area (Å²) in [4.78, 5) is 2.20. The van der Waals surface area contributed by atoms with Crippen molar-refractivity contribution in [2.45, 2.75) is 45.8 Å². The van der Waals surface area contributed by atoms with E-state index in [9.17, 15) is 4.39 Å². The molecule has 1 N–H and O–H groups in total. The Bertz CT molecular complexity index is 130. The molecule has 0 bridgehead atoms. The molecule has 0 saturated carbocycles. The first kappa shape index (κ1) is 12.8. The molecular weight excluding hydrogens is 167 g/mol. The van der Waals surface area contributed by atoms with Gasteiger partial charge in [0.2, 0.25) is 0 Å². The Hall–Kier alpha value is -0.150. The number of hydrogen-bond acceptors (Lipinski definition) is 2. The summed E-state index contributed by atoms with van der Waals surface area (Å²) in [6.45, 7) is 8.89. The zero-order valence-electron chi connectivity index (χ0n) is 9.47. The quantitative estimate of drug-likeness (QED) is 0.676. The van der Waals surface area contributed by atoms with Gasteiger partial charge in [-0.05, 0) is 20.9 Å². The van der Waals surface area contributed by atoms with Crippen LogP contribution in [0.15, 0.2) is 0 Å². The number of likely N-dealkylation sites (N-methyl/N-ethyl adjacent to an activating group) is 1. The van der Waals surface area contributed by atoms with Crippen molar-refractivity contribution in [3.8, 4) is 0 Å². The molecule has 1 rings (SSSR count). The second kappa shape index (κ2) is 6.33. The molecule has 0 aromatic heterocycles. The lowest BCUT2D eigenvalue weighted by Crippen LogP contribution is -2.59. The fourth-order valence-corrected chi connectivity index (χ4v) is 1.64. The molecule has 1 aliphatic rings. The van der Waals surface area contributed by atoms with E-state index >= 15 is 0 Å². The first-order valence-corrected chi connectivity index (χ1v) is 5.17. The number of alkyl halides is 1. The molecule has 0 aromatic carbocycles. The number of hydrogen-bond donors (Lipinski definition) is 1. The van der Waals surface area contributed by atoms with Crippen molar-refractivity contribution in [1.29, 1.82) is 0 Å². The average Bonchev–Trinajstić information content (AvgIpc) is 2.14. The van der Waals surface area contributed by atoms with Gasteiger partial charge in [0.15, 0.2) is 0 Å². The Balaban J connectivity index is 0.000000671. The molecule has 1 aliphatic heterocycles. The molecule has 0 spiro atoms. The summed E-state index contributed by atoms with van der Waals surface area (Å²) in [5, 5.41) is 3.23. The van der Waals surface area contributed by atoms with Gasteiger partial charge in [-0.15, -0.1) is 0 Å². The summed E-state index contributed by atoms with van der Waals surface area (Å²) in [7, 11) is 2.05. The van der Waals surface area contributed by atoms with E-state index in [-0.39, 0.29) is 12.7 Å². The normalized spacial score (nSPS) is 35.1. The zero-order chi connectivity index (χ0) is 10.4. The summed E-state index contributed by atoms with van der Waals surface area (Å²) in [5.74, 6) is 0. The van der Waals surface area contributed by atoms with E-state index in [4.69, 9.17) is 0 Å². The topological polar surface area (TPSA) is 15.3 Å². The van der Waals surface area contributed by atoms with E-state index in [1.807, 2.05) is 20.9 Å². The van der Waals surface area contributed by atoms with E-state index in [0.717, 1.165) is 6.54 Å². The third-order valence-electron chi connectivity index (χ3n) is 2.50. The smallest absolute Gasteiger partial charge is 0.106 e. The number of nitrogens with zero attached hydrogens (tertiary/aromatic N) is 1. The highest BCUT2D eigenvalue weighted by atomic mass is 19.1. The minimum Gasteiger partial charge on any atom is -0.306 e. The fourth-order valence-electron chi connectivity index (χ4n) is 1.64. The second-order valence-electron chi connectivity index (χ2n) is 3.51. The Morgan fingerprint density at radius 2 is 1.92 bits per heavy atom. The lowest BCUT2D eigenvalue weighted by atomic mass is 10.0. The molecule has 2 nitrogen and oxygen atoms in total. The van der Waals surface area contributed by atoms with Gasteiger partial charge < -0.3 is 10.2 Å². The van der Waals surface area contributed by atoms with Crippen molar-refractivity contribution < 1.29 is 4.39 Å². The highest BCUT2D eigenvalue weighted by Crippen LogP contribution is 2.10. The number of piperazine rings is 1. The molecule has 1 heterocycles. The van der Waals surface area contributed by atoms with Gasteiger partial charge >= 0.3 is 0 Å². The van der Waals surface area contributed by atoms with Gasteiger partial charge in [-0.1, -0.05) is 13.8 Å². The summed E-state index contributed by atoms with van der Waals surface area (Å²) in [6.07, 6.45) is 0. The SMILES string of the molecule is CC.CC1CN(C)C(C)C(CF)N1. The maximum atomic E-state index is 12.4. The summed E-state index contributed by atoms with van der Waals surface area (Å²) in [6, 6.07) is 0.747. The van der Waals surface area contributed by atoms with E-state index < -0.39 is 0 Å². The van der Waals surface area contributed by atoms with Gasteiger partial charge in [0, 0.05) is 18.6 Å². The molecule has 3 heteroatoms. The van der Waals surface area contributed by atoms with E-state index in [0.29, 0.717) is 12.1 Å². The van der Waals surface area contributed by atoms with Crippen LogP contribution >= 0.6 is 0 Å². The second-order valence-corrected chi connectivity index (χ2v) is 3.51. The van der Waals surface area contributed by atoms with Gasteiger partial charge in [0.25, 0.3) is 0 Å². The van der Waals surface area contributed by atoms with Crippen LogP contribution in [0.2, 0.25) is 0 Å². The van der Waals surface area contributed by atoms with Gasteiger partial charge in [-0.25, -0.2) is 4.39 Å². The van der Waals surface area contributed by atoms with Crippen molar-refractivity contribution in [2.75, 3.05) is 20.3 Å². The van der Waals surface area contributed by atoms with Crippen molar-refractivity contribution in [2.24, 2.45) is 0 Å². The van der Waals surface area contributed by atoms with E-state index in [2.05, 4.69) is 24.1 Å². The van der Waals surface area contributed by atoms with Crippen LogP contribution in [0.25, 0.3) is 0 Å². The Morgan fingerprint density at radius 1 is 1.38 bits per heavy atom. The van der Waals surface area contributed by atoms with Crippen molar-refractivity contribution in [1.82, 2.24) is 10.2 Å². The predicted molar refractivity (Wildman–Crippen MR) is 55.8 cm³/mol. The Morgan fingerprint density at radius 3 is 2.38 bits per heavy atom. The molecule has 1 saturated heterocycles. The monoisotopic (exact) mass is 190 g/mol. The first-order valence-electron chi connectivity index (χ1n) is 5.17. The van der Waals surface area contributed by atoms with Crippen molar-refractivity contribution >= 4 is 0 Å². The Labute approximate surface area is 81.5 Å². The molecule has 0 amide bonds. The van der Waals surface area contributed by atoms with Crippen LogP contribution < -0.4 is 5.32 Å². The van der Waals surface area contributed by atoms with E-state index in [1.54, 1.807) is 0 Å². The third kappa shape index (κ3) is 3.61. The van der Waals surface area contributed by atoms with Crippen LogP contribution in [0.4, 0.5) is 4.39 Å². The van der Waals surface area contributed by atoms with Crippen LogP contribution in [-0.4, -0.2) is 43.3 Å². The maximum absolute atomic E-state index is 12.4. The molecule has 0 aromatic rings. The van der Waals surface area contributed by atoms with Crippen molar-refractivity contribution in [3.63, 3.8) is 0 Å². The van der Waals surface area contributed by atoms with E-state index in [1.165, 1.54) is 0 Å². The van der Waals surface area contributed by atoms with Gasteiger partial charge in [0.1, 0.15) is 6.67 Å². The van der Waals surface area contributed by atoms with Crippen LogP contribution in [-0.2, 0) is 0 Å². The molecule has 3 unspecified atom stereocenters. The standard InChI is InChI=1S/C8H17FN2.C2H6/c1-6-5-11(3)7(2)8(4-9)10-6;1-2/h6-8,10H,4-5H2,1-3H3;1-2H3. The molecule has 13 heavy (non-hydrogen) atoms. The molecular formula is C10H23FN2. The van der Waals surface area contributed by atoms with Crippen molar-refractivity contribution in [3.05, 3.63) is 0 Å². The molecule has 3 atom stereocenters. The molecule has 0 radical (unpaired) electrons. The zero-order valence-corrected chi connectivity index (χ0v) is 9.47. The average molecular weight is 190 g/mol. The molecule has 1 fully saturated rings. The summed E-state index contributed by atoms with van der Waals surface area (Å²) >= 11 is 0. The van der Waals surface area contributed by atoms with Gasteiger partial charge in [-0.2, -0.15) is 0 Å². The molecule has 0 aliphatic carbocycles. The highest BCUT2D eigenvalue weighted by Gasteiger charge is 2.28. The van der Waals surface area contributed by atoms with Gasteiger partial charge in [-0.3, -0.25) is 0 Å². The largest absolute Gasteiger partial charge is 0.306 e. The maximum Gasteiger partial charge on any atom is 0.106 e. The number of rotatable bonds is 1. The van der Waals surface area contributed by atoms with Crippen LogP contribution in [0, 0.1) is 0 Å². The predicted octanol–water partition coefficient (Wildman–Crippen LogP) is 1.66. The Kier molecular flexibility index (Phi) is 6.25. The van der Waals surface area contributed by atoms with Crippen LogP contribution in [0.3, 0.4) is 0 Å². The van der Waals surface area contributed by atoms with Gasteiger partial charge in [0.05, 0.1) is 6.04 Å². The molecule has 80 valence electrons. The fraction of sp³-hybridized carbons (Fsp3) is 1.00. The minimum absolute atomic E-state index is 0.0174. The number of nitrogens with one attached hydrogen (secondary N) is 1. The highest BCUT2D eigenvalue weighted by molar-refractivity contribution is 4.88. The van der Waals surface area contributed by atoms with Crippen LogP contribution in [0.5, 0.6) is 0 Å².